The largest absolute Gasteiger partial charge is 0.491 e. The molecule has 1 aliphatic heterocycles. The third kappa shape index (κ3) is 3.95. The molecule has 1 heterocycles. The van der Waals surface area contributed by atoms with Gasteiger partial charge in [-0.2, -0.15) is 13.2 Å². The van der Waals surface area contributed by atoms with Crippen LogP contribution >= 0.6 is 0 Å². The number of esters is 1. The molecular weight excluding hydrogens is 231 g/mol. The van der Waals surface area contributed by atoms with Gasteiger partial charge in [0.25, 0.3) is 0 Å². The second-order valence-corrected chi connectivity index (χ2v) is 3.33. The minimum Gasteiger partial charge on any atom is -0.429 e. The SMILES string of the molecule is O=C(OC(O)C1CNCCOC1)C(F)(F)F. The van der Waals surface area contributed by atoms with Gasteiger partial charge in [-0.15, -0.1) is 0 Å². The van der Waals surface area contributed by atoms with Crippen LogP contribution in [0, 0.1) is 5.92 Å². The number of carbonyl (C=O) groups is 1. The van der Waals surface area contributed by atoms with E-state index in [-0.39, 0.29) is 13.2 Å². The first-order valence-electron chi connectivity index (χ1n) is 4.65. The summed E-state index contributed by atoms with van der Waals surface area (Å²) in [6.45, 7) is 1.21. The van der Waals surface area contributed by atoms with E-state index < -0.39 is 24.4 Å². The summed E-state index contributed by atoms with van der Waals surface area (Å²) in [7, 11) is 0. The molecule has 0 radical (unpaired) electrons. The van der Waals surface area contributed by atoms with Gasteiger partial charge in [0.1, 0.15) is 0 Å². The Balaban J connectivity index is 2.44. The second-order valence-electron chi connectivity index (χ2n) is 3.33. The van der Waals surface area contributed by atoms with Crippen molar-refractivity contribution in [3.8, 4) is 0 Å². The molecule has 8 heteroatoms. The molecule has 16 heavy (non-hydrogen) atoms. The van der Waals surface area contributed by atoms with Gasteiger partial charge in [0.15, 0.2) is 0 Å². The van der Waals surface area contributed by atoms with Crippen LogP contribution < -0.4 is 5.32 Å². The fraction of sp³-hybridized carbons (Fsp3) is 0.875. The van der Waals surface area contributed by atoms with Gasteiger partial charge in [0.2, 0.25) is 6.29 Å². The average Bonchev–Trinajstić information content (AvgIpc) is 2.43. The molecular formula is C8H12F3NO4. The lowest BCUT2D eigenvalue weighted by molar-refractivity contribution is -0.226. The minimum absolute atomic E-state index is 0.0410. The average molecular weight is 243 g/mol. The standard InChI is InChI=1S/C8H12F3NO4/c9-8(10,11)7(14)16-6(13)5-3-12-1-2-15-4-5/h5-6,12-13H,1-4H2. The quantitative estimate of drug-likeness (QED) is 0.512. The number of carbonyl (C=O) groups excluding carboxylic acids is 1. The van der Waals surface area contributed by atoms with Gasteiger partial charge in [0.05, 0.1) is 19.1 Å². The number of alkyl halides is 3. The number of aliphatic hydroxyl groups excluding tert-OH is 1. The van der Waals surface area contributed by atoms with Crippen molar-refractivity contribution in [1.29, 1.82) is 0 Å². The Labute approximate surface area is 89.5 Å². The summed E-state index contributed by atoms with van der Waals surface area (Å²) >= 11 is 0. The third-order valence-electron chi connectivity index (χ3n) is 2.02. The highest BCUT2D eigenvalue weighted by atomic mass is 19.4. The molecule has 2 atom stereocenters. The number of aliphatic hydroxyl groups is 1. The van der Waals surface area contributed by atoms with E-state index >= 15 is 0 Å². The molecule has 0 aromatic heterocycles. The summed E-state index contributed by atoms with van der Waals surface area (Å²) in [5, 5.41) is 12.1. The van der Waals surface area contributed by atoms with Gasteiger partial charge < -0.3 is 19.9 Å². The summed E-state index contributed by atoms with van der Waals surface area (Å²) in [4.78, 5) is 10.4. The molecule has 2 N–H and O–H groups in total. The zero-order valence-corrected chi connectivity index (χ0v) is 8.29. The van der Waals surface area contributed by atoms with E-state index in [1.54, 1.807) is 0 Å². The molecule has 1 saturated heterocycles. The van der Waals surface area contributed by atoms with Gasteiger partial charge in [-0.3, -0.25) is 0 Å². The highest BCUT2D eigenvalue weighted by Gasteiger charge is 2.43. The van der Waals surface area contributed by atoms with Crippen LogP contribution in [0.4, 0.5) is 13.2 Å². The van der Waals surface area contributed by atoms with E-state index in [9.17, 15) is 23.1 Å². The molecule has 5 nitrogen and oxygen atoms in total. The van der Waals surface area contributed by atoms with Crippen LogP contribution in [0.15, 0.2) is 0 Å². The summed E-state index contributed by atoms with van der Waals surface area (Å²) in [6, 6.07) is 0. The van der Waals surface area contributed by atoms with Crippen molar-refractivity contribution in [1.82, 2.24) is 5.32 Å². The molecule has 1 rings (SSSR count). The van der Waals surface area contributed by atoms with Crippen molar-refractivity contribution >= 4 is 5.97 Å². The summed E-state index contributed by atoms with van der Waals surface area (Å²) in [5.41, 5.74) is 0. The Kier molecular flexibility index (Phi) is 4.51. The molecule has 1 fully saturated rings. The summed E-state index contributed by atoms with van der Waals surface area (Å²) in [5.74, 6) is -3.10. The number of ether oxygens (including phenoxy) is 2. The summed E-state index contributed by atoms with van der Waals surface area (Å²) < 4.78 is 44.4. The van der Waals surface area contributed by atoms with Gasteiger partial charge in [-0.1, -0.05) is 0 Å². The predicted octanol–water partition coefficient (Wildman–Crippen LogP) is -0.354. The molecule has 0 spiro atoms. The lowest BCUT2D eigenvalue weighted by atomic mass is 10.1. The maximum Gasteiger partial charge on any atom is 0.491 e. The Morgan fingerprint density at radius 3 is 2.88 bits per heavy atom. The molecule has 0 saturated carbocycles. The van der Waals surface area contributed by atoms with Gasteiger partial charge in [-0.05, 0) is 0 Å². The molecule has 0 aromatic carbocycles. The monoisotopic (exact) mass is 243 g/mol. The van der Waals surface area contributed by atoms with E-state index in [0.29, 0.717) is 13.2 Å². The maximum atomic E-state index is 11.8. The molecule has 0 aromatic rings. The van der Waals surface area contributed by atoms with Crippen LogP contribution in [0.3, 0.4) is 0 Å². The van der Waals surface area contributed by atoms with Crippen LogP contribution in [-0.4, -0.2) is 49.8 Å². The van der Waals surface area contributed by atoms with Crippen molar-refractivity contribution in [2.45, 2.75) is 12.5 Å². The zero-order chi connectivity index (χ0) is 12.2. The van der Waals surface area contributed by atoms with Crippen LogP contribution in [0.25, 0.3) is 0 Å². The van der Waals surface area contributed by atoms with E-state index in [2.05, 4.69) is 10.1 Å². The van der Waals surface area contributed by atoms with Gasteiger partial charge in [-0.25, -0.2) is 4.79 Å². The van der Waals surface area contributed by atoms with Crippen LogP contribution in [0.1, 0.15) is 0 Å². The number of halogens is 3. The Morgan fingerprint density at radius 2 is 2.25 bits per heavy atom. The Hall–Kier alpha value is -0.860. The smallest absolute Gasteiger partial charge is 0.429 e. The van der Waals surface area contributed by atoms with Gasteiger partial charge in [0, 0.05) is 13.1 Å². The molecule has 0 aliphatic carbocycles. The molecule has 2 unspecified atom stereocenters. The number of nitrogens with one attached hydrogen (secondary N) is 1. The van der Waals surface area contributed by atoms with Crippen molar-refractivity contribution in [3.05, 3.63) is 0 Å². The minimum atomic E-state index is -5.10. The Bertz CT molecular complexity index is 238. The normalized spacial score (nSPS) is 24.6. The van der Waals surface area contributed by atoms with E-state index in [0.717, 1.165) is 0 Å². The summed E-state index contributed by atoms with van der Waals surface area (Å²) in [6.07, 6.45) is -6.92. The lowest BCUT2D eigenvalue weighted by Gasteiger charge is -2.21. The van der Waals surface area contributed by atoms with Crippen LogP contribution in [0.2, 0.25) is 0 Å². The molecule has 0 amide bonds. The van der Waals surface area contributed by atoms with E-state index in [1.807, 2.05) is 0 Å². The predicted molar refractivity (Wildman–Crippen MR) is 45.3 cm³/mol. The third-order valence-corrected chi connectivity index (χ3v) is 2.02. The van der Waals surface area contributed by atoms with Crippen molar-refractivity contribution in [2.24, 2.45) is 5.92 Å². The number of hydrogen-bond acceptors (Lipinski definition) is 5. The number of rotatable bonds is 2. The molecule has 0 bridgehead atoms. The topological polar surface area (TPSA) is 67.8 Å². The van der Waals surface area contributed by atoms with Crippen molar-refractivity contribution < 1.29 is 32.5 Å². The van der Waals surface area contributed by atoms with Gasteiger partial charge >= 0.3 is 12.1 Å². The highest BCUT2D eigenvalue weighted by molar-refractivity contribution is 5.75. The first-order valence-corrected chi connectivity index (χ1v) is 4.65. The van der Waals surface area contributed by atoms with E-state index in [4.69, 9.17) is 4.74 Å². The fourth-order valence-electron chi connectivity index (χ4n) is 1.18. The Morgan fingerprint density at radius 1 is 1.56 bits per heavy atom. The molecule has 1 aliphatic rings. The van der Waals surface area contributed by atoms with Crippen LogP contribution in [-0.2, 0) is 14.3 Å². The van der Waals surface area contributed by atoms with E-state index in [1.165, 1.54) is 0 Å². The maximum absolute atomic E-state index is 11.8. The first kappa shape index (κ1) is 13.2. The molecule has 94 valence electrons. The lowest BCUT2D eigenvalue weighted by Crippen LogP contribution is -2.38. The number of hydrogen-bond donors (Lipinski definition) is 2. The first-order chi connectivity index (χ1) is 7.41. The fourth-order valence-corrected chi connectivity index (χ4v) is 1.18. The zero-order valence-electron chi connectivity index (χ0n) is 8.29. The van der Waals surface area contributed by atoms with Crippen molar-refractivity contribution in [2.75, 3.05) is 26.3 Å². The second kappa shape index (κ2) is 5.46. The highest BCUT2D eigenvalue weighted by Crippen LogP contribution is 2.19. The van der Waals surface area contributed by atoms with Crippen LogP contribution in [0.5, 0.6) is 0 Å². The van der Waals surface area contributed by atoms with Crippen molar-refractivity contribution in [3.63, 3.8) is 0 Å².